The van der Waals surface area contributed by atoms with Crippen LogP contribution in [0.2, 0.25) is 0 Å². The molecule has 0 amide bonds. The second kappa shape index (κ2) is 4.46. The molecular weight excluding hydrogens is 228 g/mol. The monoisotopic (exact) mass is 246 g/mol. The minimum Gasteiger partial charge on any atom is -0.478 e. The van der Waals surface area contributed by atoms with Crippen molar-refractivity contribution < 1.29 is 9.90 Å². The van der Waals surface area contributed by atoms with E-state index >= 15 is 0 Å². The molecule has 0 fully saturated rings. The lowest BCUT2D eigenvalue weighted by Gasteiger charge is -2.04. The van der Waals surface area contributed by atoms with Gasteiger partial charge in [0.25, 0.3) is 0 Å². The van der Waals surface area contributed by atoms with Gasteiger partial charge in [0.1, 0.15) is 0 Å². The third-order valence-corrected chi connectivity index (χ3v) is 3.54. The fourth-order valence-electron chi connectivity index (χ4n) is 2.60. The number of carboxylic acid groups (broad SMARTS) is 1. The summed E-state index contributed by atoms with van der Waals surface area (Å²) in [5, 5.41) is 10.1. The summed E-state index contributed by atoms with van der Waals surface area (Å²) in [4.78, 5) is 11.1. The average Bonchev–Trinajstić information content (AvgIpc) is 2.55. The maximum absolute atomic E-state index is 11.1. The van der Waals surface area contributed by atoms with E-state index in [0.29, 0.717) is 12.1 Å². The normalized spacial score (nSPS) is 11.1. The zero-order valence-corrected chi connectivity index (χ0v) is 10.9. The molecule has 1 heterocycles. The summed E-state index contributed by atoms with van der Waals surface area (Å²) in [5.74, 6) is -0.889. The number of hydrogen-bond donors (Lipinski definition) is 2. The number of nitrogens with two attached hydrogens (primary N) is 1. The van der Waals surface area contributed by atoms with Crippen LogP contribution in [0.25, 0.3) is 10.9 Å². The number of aryl methyl sites for hydroxylation is 2. The quantitative estimate of drug-likeness (QED) is 0.870. The third kappa shape index (κ3) is 1.78. The maximum Gasteiger partial charge on any atom is 0.335 e. The first-order valence-electron chi connectivity index (χ1n) is 5.99. The van der Waals surface area contributed by atoms with E-state index in [1.54, 1.807) is 12.1 Å². The Hall–Kier alpha value is -1.81. The molecular formula is C14H18N2O2. The number of carboxylic acids is 1. The number of rotatable bonds is 3. The Morgan fingerprint density at radius 2 is 2.06 bits per heavy atom. The first-order valence-corrected chi connectivity index (χ1v) is 5.99. The van der Waals surface area contributed by atoms with Crippen molar-refractivity contribution in [1.29, 1.82) is 0 Å². The molecule has 0 radical (unpaired) electrons. The molecule has 3 N–H and O–H groups in total. The topological polar surface area (TPSA) is 68.2 Å². The van der Waals surface area contributed by atoms with E-state index in [9.17, 15) is 4.79 Å². The summed E-state index contributed by atoms with van der Waals surface area (Å²) in [5.41, 5.74) is 10.4. The third-order valence-electron chi connectivity index (χ3n) is 3.54. The van der Waals surface area contributed by atoms with Gasteiger partial charge in [-0.05, 0) is 50.1 Å². The van der Waals surface area contributed by atoms with Crippen LogP contribution in [0.4, 0.5) is 0 Å². The molecule has 96 valence electrons. The van der Waals surface area contributed by atoms with Crippen LogP contribution in [0.3, 0.4) is 0 Å². The van der Waals surface area contributed by atoms with Crippen molar-refractivity contribution in [3.63, 3.8) is 0 Å². The molecule has 1 aromatic carbocycles. The van der Waals surface area contributed by atoms with Gasteiger partial charge in [0.05, 0.1) is 11.1 Å². The second-order valence-corrected chi connectivity index (χ2v) is 4.66. The smallest absolute Gasteiger partial charge is 0.335 e. The van der Waals surface area contributed by atoms with Crippen LogP contribution in [0.5, 0.6) is 0 Å². The molecule has 1 aromatic heterocycles. The lowest BCUT2D eigenvalue weighted by molar-refractivity contribution is 0.0697. The molecule has 4 heteroatoms. The Kier molecular flexibility index (Phi) is 3.13. The lowest BCUT2D eigenvalue weighted by Crippen LogP contribution is -2.04. The Morgan fingerprint density at radius 1 is 1.39 bits per heavy atom. The van der Waals surface area contributed by atoms with Crippen molar-refractivity contribution in [2.75, 3.05) is 6.54 Å². The van der Waals surface area contributed by atoms with Gasteiger partial charge in [0.2, 0.25) is 0 Å². The van der Waals surface area contributed by atoms with E-state index < -0.39 is 5.97 Å². The summed E-state index contributed by atoms with van der Waals surface area (Å²) in [6.45, 7) is 4.56. The molecule has 0 unspecified atom stereocenters. The van der Waals surface area contributed by atoms with Crippen LogP contribution in [0, 0.1) is 13.8 Å². The molecule has 0 bridgehead atoms. The van der Waals surface area contributed by atoms with Crippen molar-refractivity contribution in [1.82, 2.24) is 4.57 Å². The molecule has 4 nitrogen and oxygen atoms in total. The van der Waals surface area contributed by atoms with Crippen LogP contribution in [-0.4, -0.2) is 22.2 Å². The first kappa shape index (κ1) is 12.6. The molecule has 0 aliphatic carbocycles. The minimum absolute atomic E-state index is 0.337. The standard InChI is InChI=1S/C14H18N2O2/c1-8-6-10(14(17)18)7-12-11(4-5-15)9(2)16(3)13(8)12/h6-7H,4-5,15H2,1-3H3,(H,17,18). The molecule has 0 saturated heterocycles. The van der Waals surface area contributed by atoms with Crippen molar-refractivity contribution in [2.45, 2.75) is 20.3 Å². The first-order chi connectivity index (χ1) is 8.47. The molecule has 0 spiro atoms. The highest BCUT2D eigenvalue weighted by Crippen LogP contribution is 2.29. The summed E-state index contributed by atoms with van der Waals surface area (Å²) in [6.07, 6.45) is 0.770. The van der Waals surface area contributed by atoms with Crippen LogP contribution in [0.15, 0.2) is 12.1 Å². The van der Waals surface area contributed by atoms with E-state index in [4.69, 9.17) is 10.8 Å². The minimum atomic E-state index is -0.889. The zero-order valence-electron chi connectivity index (χ0n) is 10.9. The molecule has 0 atom stereocenters. The molecule has 0 aliphatic heterocycles. The summed E-state index contributed by atoms with van der Waals surface area (Å²) < 4.78 is 2.11. The Balaban J connectivity index is 2.84. The second-order valence-electron chi connectivity index (χ2n) is 4.66. The van der Waals surface area contributed by atoms with E-state index in [-0.39, 0.29) is 0 Å². The number of aromatic nitrogens is 1. The summed E-state index contributed by atoms with van der Waals surface area (Å²) >= 11 is 0. The Labute approximate surface area is 106 Å². The largest absolute Gasteiger partial charge is 0.478 e. The predicted octanol–water partition coefficient (Wildman–Crippen LogP) is 1.99. The maximum atomic E-state index is 11.1. The van der Waals surface area contributed by atoms with E-state index in [1.165, 1.54) is 0 Å². The highest BCUT2D eigenvalue weighted by atomic mass is 16.4. The number of nitrogens with zero attached hydrogens (tertiary/aromatic N) is 1. The number of aromatic carboxylic acids is 1. The van der Waals surface area contributed by atoms with E-state index in [0.717, 1.165) is 34.1 Å². The summed E-state index contributed by atoms with van der Waals surface area (Å²) in [7, 11) is 2.01. The van der Waals surface area contributed by atoms with Gasteiger partial charge in [0.15, 0.2) is 0 Å². The van der Waals surface area contributed by atoms with E-state index in [2.05, 4.69) is 4.57 Å². The van der Waals surface area contributed by atoms with Gasteiger partial charge in [-0.2, -0.15) is 0 Å². The highest BCUT2D eigenvalue weighted by Gasteiger charge is 2.15. The van der Waals surface area contributed by atoms with Crippen molar-refractivity contribution in [2.24, 2.45) is 12.8 Å². The molecule has 0 saturated carbocycles. The molecule has 0 aliphatic rings. The molecule has 2 aromatic rings. The van der Waals surface area contributed by atoms with Crippen molar-refractivity contribution in [3.05, 3.63) is 34.5 Å². The van der Waals surface area contributed by atoms with Crippen molar-refractivity contribution in [3.8, 4) is 0 Å². The predicted molar refractivity (Wildman–Crippen MR) is 72.1 cm³/mol. The van der Waals surface area contributed by atoms with Gasteiger partial charge in [-0.1, -0.05) is 0 Å². The van der Waals surface area contributed by atoms with Crippen LogP contribution in [0.1, 0.15) is 27.2 Å². The van der Waals surface area contributed by atoms with Gasteiger partial charge in [0, 0.05) is 18.1 Å². The number of fused-ring (bicyclic) bond motifs is 1. The highest BCUT2D eigenvalue weighted by molar-refractivity contribution is 5.97. The van der Waals surface area contributed by atoms with Crippen LogP contribution < -0.4 is 5.73 Å². The fourth-order valence-corrected chi connectivity index (χ4v) is 2.60. The van der Waals surface area contributed by atoms with E-state index in [1.807, 2.05) is 20.9 Å². The fraction of sp³-hybridized carbons (Fsp3) is 0.357. The van der Waals surface area contributed by atoms with Gasteiger partial charge in [-0.25, -0.2) is 4.79 Å². The van der Waals surface area contributed by atoms with Gasteiger partial charge < -0.3 is 15.4 Å². The lowest BCUT2D eigenvalue weighted by atomic mass is 10.0. The van der Waals surface area contributed by atoms with Crippen LogP contribution in [-0.2, 0) is 13.5 Å². The van der Waals surface area contributed by atoms with Crippen LogP contribution >= 0.6 is 0 Å². The average molecular weight is 246 g/mol. The number of carbonyl (C=O) groups is 1. The van der Waals surface area contributed by atoms with Crippen molar-refractivity contribution >= 4 is 16.9 Å². The Morgan fingerprint density at radius 3 is 2.61 bits per heavy atom. The molecule has 18 heavy (non-hydrogen) atoms. The summed E-state index contributed by atoms with van der Waals surface area (Å²) in [6, 6.07) is 3.47. The van der Waals surface area contributed by atoms with Gasteiger partial charge >= 0.3 is 5.97 Å². The number of benzene rings is 1. The zero-order chi connectivity index (χ0) is 13.4. The number of hydrogen-bond acceptors (Lipinski definition) is 2. The van der Waals surface area contributed by atoms with Gasteiger partial charge in [-0.3, -0.25) is 0 Å². The SMILES string of the molecule is Cc1cc(C(=O)O)cc2c(CCN)c(C)n(C)c12. The Bertz CT molecular complexity index is 626. The van der Waals surface area contributed by atoms with Gasteiger partial charge in [-0.15, -0.1) is 0 Å². The molecule has 2 rings (SSSR count).